The molecule has 404 valence electrons. The number of nitrogen functional groups attached to an aromatic ring is 1. The summed E-state index contributed by atoms with van der Waals surface area (Å²) in [4.78, 5) is 48.3. The van der Waals surface area contributed by atoms with Crippen LogP contribution in [0.15, 0.2) is 12.7 Å². The number of thioether (sulfide) groups is 1. The average Bonchev–Trinajstić information content (AvgIpc) is 4.15. The van der Waals surface area contributed by atoms with Crippen LogP contribution in [0.1, 0.15) is 31.9 Å². The molecule has 7 atom stereocenters. The highest BCUT2D eigenvalue weighted by Crippen LogP contribution is 2.34. The molecule has 71 heavy (non-hydrogen) atoms. The van der Waals surface area contributed by atoms with Crippen molar-refractivity contribution in [3.05, 3.63) is 12.7 Å². The number of carbonyl (C=O) groups excluding carboxylic acids is 3. The van der Waals surface area contributed by atoms with Crippen LogP contribution in [0.3, 0.4) is 0 Å². The van der Waals surface area contributed by atoms with E-state index in [1.807, 2.05) is 11.8 Å². The summed E-state index contributed by atoms with van der Waals surface area (Å²) in [6, 6.07) is 0.376. The highest BCUT2D eigenvalue weighted by Gasteiger charge is 2.46. The van der Waals surface area contributed by atoms with E-state index in [4.69, 9.17) is 62.6 Å². The van der Waals surface area contributed by atoms with Gasteiger partial charge in [-0.1, -0.05) is 6.42 Å². The Balaban J connectivity index is 0.673. The Kier molecular flexibility index (Phi) is 29.1. The van der Waals surface area contributed by atoms with E-state index >= 15 is 0 Å². The molecule has 0 saturated carbocycles. The van der Waals surface area contributed by atoms with Crippen molar-refractivity contribution in [3.8, 4) is 0 Å². The van der Waals surface area contributed by atoms with E-state index in [0.717, 1.165) is 25.0 Å². The van der Waals surface area contributed by atoms with Crippen molar-refractivity contribution in [2.75, 3.05) is 170 Å². The predicted octanol–water partition coefficient (Wildman–Crippen LogP) is -1.83. The lowest BCUT2D eigenvalue weighted by atomic mass is 10.0. The summed E-state index contributed by atoms with van der Waals surface area (Å²) in [5, 5.41) is 32.3. The highest BCUT2D eigenvalue weighted by atomic mass is 32.2. The maximum Gasteiger partial charge on any atom is 0.315 e. The quantitative estimate of drug-likeness (QED) is 0.0284. The number of hydrogen-bond donors (Lipinski definition) is 7. The Morgan fingerprint density at radius 1 is 0.718 bits per heavy atom. The van der Waals surface area contributed by atoms with Gasteiger partial charge in [0.2, 0.25) is 11.8 Å². The monoisotopic (exact) mass is 1030 g/mol. The molecule has 27 heteroatoms. The summed E-state index contributed by atoms with van der Waals surface area (Å²) in [6.07, 6.45) is 1.93. The third kappa shape index (κ3) is 22.2. The number of rotatable bonds is 43. The Morgan fingerprint density at radius 2 is 1.23 bits per heavy atom. The maximum atomic E-state index is 12.4. The van der Waals surface area contributed by atoms with E-state index in [9.17, 15) is 24.6 Å². The number of nitrogens with one attached hydrogen (secondary N) is 4. The van der Waals surface area contributed by atoms with Crippen molar-refractivity contribution in [2.45, 2.75) is 67.6 Å². The zero-order chi connectivity index (χ0) is 50.1. The van der Waals surface area contributed by atoms with E-state index in [1.165, 1.54) is 17.2 Å². The van der Waals surface area contributed by atoms with Crippen LogP contribution in [0, 0.1) is 0 Å². The standard InChI is InChI=1S/C44H75N9O17S/c45-41-38-42(49-30-48-41)53(31-50-38)43-40(39(57)33(27-54)70-43)69-28-36(56)47-6-8-60-10-12-62-14-16-64-18-20-66-22-24-68-26-25-67-23-21-65-19-17-63-15-13-61-11-9-59-7-5-46-35(55)4-2-1-3-34-37-32(29-71-34)51-44(58)52-37/h30-34,37,39-40,43,54,57H,1-29H2,(H,46,55)(H,47,56)(H2,45,48,49)(H2,51,52,58)/t32-,33?,34-,37-,39+,40+,43+/m0/s1. The van der Waals surface area contributed by atoms with Gasteiger partial charge in [0.1, 0.15) is 36.8 Å². The molecule has 3 aliphatic heterocycles. The molecule has 1 unspecified atom stereocenters. The number of unbranched alkanes of at least 4 members (excludes halogenated alkanes) is 1. The predicted molar refractivity (Wildman–Crippen MR) is 255 cm³/mol. The maximum absolute atomic E-state index is 12.4. The normalized spacial score (nSPS) is 21.7. The molecule has 5 heterocycles. The van der Waals surface area contributed by atoms with Crippen LogP contribution < -0.4 is 27.0 Å². The van der Waals surface area contributed by atoms with E-state index < -0.39 is 37.1 Å². The largest absolute Gasteiger partial charge is 0.394 e. The summed E-state index contributed by atoms with van der Waals surface area (Å²) in [7, 11) is 0. The van der Waals surface area contributed by atoms with Gasteiger partial charge >= 0.3 is 6.03 Å². The number of amides is 4. The van der Waals surface area contributed by atoms with E-state index in [2.05, 4.69) is 36.2 Å². The van der Waals surface area contributed by atoms with Crippen molar-refractivity contribution < 1.29 is 81.4 Å². The fourth-order valence-electron chi connectivity index (χ4n) is 7.52. The number of carbonyl (C=O) groups is 3. The number of aromatic nitrogens is 4. The summed E-state index contributed by atoms with van der Waals surface area (Å²) in [5.41, 5.74) is 6.58. The van der Waals surface area contributed by atoms with Crippen LogP contribution in [0.5, 0.6) is 0 Å². The molecular formula is C44H75N9O17S. The van der Waals surface area contributed by atoms with Crippen molar-refractivity contribution in [1.82, 2.24) is 40.8 Å². The first-order valence-electron chi connectivity index (χ1n) is 24.3. The Bertz CT molecular complexity index is 1780. The van der Waals surface area contributed by atoms with Crippen LogP contribution in [-0.4, -0.2) is 247 Å². The van der Waals surface area contributed by atoms with Crippen LogP contribution >= 0.6 is 11.8 Å². The van der Waals surface area contributed by atoms with Crippen molar-refractivity contribution >= 4 is 46.6 Å². The molecule has 0 aromatic carbocycles. The van der Waals surface area contributed by atoms with Crippen molar-refractivity contribution in [2.24, 2.45) is 0 Å². The minimum Gasteiger partial charge on any atom is -0.394 e. The van der Waals surface area contributed by atoms with Crippen LogP contribution in [0.2, 0.25) is 0 Å². The molecule has 0 spiro atoms. The average molecular weight is 1030 g/mol. The van der Waals surface area contributed by atoms with Crippen molar-refractivity contribution in [3.63, 3.8) is 0 Å². The molecule has 8 N–H and O–H groups in total. The topological polar surface area (TPSA) is 320 Å². The SMILES string of the molecule is Nc1ncnc2c1ncn2[C@@H]1OC(CO)[C@@H](O)[C@H]1OCC(=O)NCCOCCOCCOCCOCCOCCOCCOCCOCCOCCOCCNC(=O)CCCC[C@@H]1SC[C@@H]2NC(=O)N[C@@H]21. The van der Waals surface area contributed by atoms with Crippen LogP contribution in [0.25, 0.3) is 11.2 Å². The molecule has 0 aliphatic carbocycles. The van der Waals surface area contributed by atoms with Gasteiger partial charge in [-0.15, -0.1) is 0 Å². The summed E-state index contributed by atoms with van der Waals surface area (Å²) < 4.78 is 68.1. The van der Waals surface area contributed by atoms with Gasteiger partial charge in [-0.25, -0.2) is 19.7 Å². The second-order valence-corrected chi connectivity index (χ2v) is 17.6. The second-order valence-electron chi connectivity index (χ2n) is 16.3. The lowest BCUT2D eigenvalue weighted by molar-refractivity contribution is -0.133. The van der Waals surface area contributed by atoms with Gasteiger partial charge in [0.25, 0.3) is 0 Å². The fraction of sp³-hybridized carbons (Fsp3) is 0.818. The first-order chi connectivity index (χ1) is 34.9. The molecule has 0 bridgehead atoms. The number of nitrogens with two attached hydrogens (primary N) is 1. The van der Waals surface area contributed by atoms with Gasteiger partial charge in [0, 0.05) is 30.5 Å². The molecule has 26 nitrogen and oxygen atoms in total. The summed E-state index contributed by atoms with van der Waals surface area (Å²) in [6.45, 7) is 8.41. The second kappa shape index (κ2) is 35.5. The molecule has 3 saturated heterocycles. The van der Waals surface area contributed by atoms with Crippen LogP contribution in [0.4, 0.5) is 10.6 Å². The number of imidazole rings is 1. The molecule has 3 aliphatic rings. The Morgan fingerprint density at radius 3 is 1.75 bits per heavy atom. The number of aliphatic hydroxyl groups excluding tert-OH is 2. The number of urea groups is 1. The molecular weight excluding hydrogens is 959 g/mol. The highest BCUT2D eigenvalue weighted by molar-refractivity contribution is 8.00. The zero-order valence-corrected chi connectivity index (χ0v) is 41.3. The van der Waals surface area contributed by atoms with Gasteiger partial charge in [-0.3, -0.25) is 14.2 Å². The third-order valence-corrected chi connectivity index (χ3v) is 12.6. The molecule has 0 radical (unpaired) electrons. The zero-order valence-electron chi connectivity index (χ0n) is 40.5. The van der Waals surface area contributed by atoms with Crippen molar-refractivity contribution in [1.29, 1.82) is 0 Å². The molecule has 5 rings (SSSR count). The molecule has 2 aromatic rings. The first kappa shape index (κ1) is 58.2. The molecule has 2 aromatic heterocycles. The van der Waals surface area contributed by atoms with Gasteiger partial charge in [0.05, 0.1) is 157 Å². The van der Waals surface area contributed by atoms with E-state index in [0.29, 0.717) is 155 Å². The molecule has 4 amide bonds. The number of aliphatic hydroxyl groups is 2. The minimum absolute atomic E-state index is 0.0315. The number of fused-ring (bicyclic) bond motifs is 2. The molecule has 3 fully saturated rings. The lowest BCUT2D eigenvalue weighted by Crippen LogP contribution is -2.39. The summed E-state index contributed by atoms with van der Waals surface area (Å²) in [5.74, 6) is 0.735. The number of hydrogen-bond acceptors (Lipinski definition) is 22. The number of ether oxygens (including phenoxy) is 12. The van der Waals surface area contributed by atoms with Gasteiger partial charge in [-0.2, -0.15) is 11.8 Å². The number of nitrogens with zero attached hydrogens (tertiary/aromatic N) is 4. The van der Waals surface area contributed by atoms with E-state index in [1.54, 1.807) is 0 Å². The smallest absolute Gasteiger partial charge is 0.315 e. The Labute approximate surface area is 418 Å². The van der Waals surface area contributed by atoms with Gasteiger partial charge in [0.15, 0.2) is 17.7 Å². The summed E-state index contributed by atoms with van der Waals surface area (Å²) >= 11 is 1.89. The Hall–Kier alpha value is -3.65. The first-order valence-corrected chi connectivity index (χ1v) is 25.4. The van der Waals surface area contributed by atoms with Gasteiger partial charge < -0.3 is 94.1 Å². The minimum atomic E-state index is -1.21. The lowest BCUT2D eigenvalue weighted by Gasteiger charge is -2.21. The van der Waals surface area contributed by atoms with E-state index in [-0.39, 0.29) is 49.6 Å². The fourth-order valence-corrected chi connectivity index (χ4v) is 9.06. The third-order valence-electron chi connectivity index (χ3n) is 11.1. The number of anilines is 1. The van der Waals surface area contributed by atoms with Gasteiger partial charge in [-0.05, 0) is 12.8 Å². The van der Waals surface area contributed by atoms with Crippen LogP contribution in [-0.2, 0) is 66.4 Å².